The molecule has 3 N–H and O–H groups in total. The van der Waals surface area contributed by atoms with E-state index in [9.17, 15) is 14.7 Å². The Morgan fingerprint density at radius 2 is 2.08 bits per heavy atom. The van der Waals surface area contributed by atoms with E-state index in [0.29, 0.717) is 23.5 Å². The van der Waals surface area contributed by atoms with Gasteiger partial charge in [0, 0.05) is 37.4 Å². The Morgan fingerprint density at radius 1 is 1.35 bits per heavy atom. The normalized spacial score (nSPS) is 15.7. The number of hydrogen-bond acceptors (Lipinski definition) is 4. The summed E-state index contributed by atoms with van der Waals surface area (Å²) in [5.41, 5.74) is 1.58. The third kappa shape index (κ3) is 3.88. The maximum absolute atomic E-state index is 12.8. The third-order valence-electron chi connectivity index (χ3n) is 4.85. The number of amides is 1. The number of fused-ring (bicyclic) bond motifs is 1. The fourth-order valence-electron chi connectivity index (χ4n) is 3.57. The molecule has 3 heterocycles. The van der Waals surface area contributed by atoms with E-state index in [1.807, 2.05) is 11.0 Å². The number of likely N-dealkylation sites (tertiary alicyclic amines) is 1. The number of aromatic amines is 1. The molecule has 1 atom stereocenters. The summed E-state index contributed by atoms with van der Waals surface area (Å²) in [6.07, 6.45) is 6.00. The molecule has 1 aliphatic heterocycles. The predicted octanol–water partition coefficient (Wildman–Crippen LogP) is 2.39. The highest BCUT2D eigenvalue weighted by atomic mass is 16.4. The molecule has 2 aromatic rings. The smallest absolute Gasteiger partial charge is 0.337 e. The third-order valence-corrected chi connectivity index (χ3v) is 4.85. The number of carbonyl (C=O) groups excluding carboxylic acids is 1. The Hall–Kier alpha value is -2.41. The highest BCUT2D eigenvalue weighted by Crippen LogP contribution is 2.22. The summed E-state index contributed by atoms with van der Waals surface area (Å²) < 4.78 is 0. The minimum absolute atomic E-state index is 0.147. The largest absolute Gasteiger partial charge is 0.478 e. The van der Waals surface area contributed by atoms with E-state index in [1.165, 1.54) is 6.20 Å². The summed E-state index contributed by atoms with van der Waals surface area (Å²) in [4.78, 5) is 33.3. The van der Waals surface area contributed by atoms with Gasteiger partial charge in [0.15, 0.2) is 0 Å². The Kier molecular flexibility index (Phi) is 5.56. The number of carboxylic acids is 1. The van der Waals surface area contributed by atoms with Gasteiger partial charge in [0.25, 0.3) is 0 Å². The number of carbonyl (C=O) groups is 2. The van der Waals surface area contributed by atoms with Gasteiger partial charge in [-0.25, -0.2) is 9.78 Å². The molecule has 0 aromatic carbocycles. The van der Waals surface area contributed by atoms with Crippen molar-refractivity contribution in [3.8, 4) is 0 Å². The molecule has 7 nitrogen and oxygen atoms in total. The second-order valence-electron chi connectivity index (χ2n) is 7.30. The van der Waals surface area contributed by atoms with Crippen LogP contribution in [-0.2, 0) is 11.3 Å². The zero-order valence-corrected chi connectivity index (χ0v) is 15.3. The first-order valence-electron chi connectivity index (χ1n) is 9.17. The fourth-order valence-corrected chi connectivity index (χ4v) is 3.57. The topological polar surface area (TPSA) is 98.3 Å². The highest BCUT2D eigenvalue weighted by molar-refractivity contribution is 6.03. The van der Waals surface area contributed by atoms with E-state index < -0.39 is 5.97 Å². The van der Waals surface area contributed by atoms with Crippen LogP contribution in [-0.4, -0.2) is 51.0 Å². The lowest BCUT2D eigenvalue weighted by Gasteiger charge is -2.25. The molecule has 1 unspecified atom stereocenters. The molecule has 0 spiro atoms. The van der Waals surface area contributed by atoms with Crippen LogP contribution >= 0.6 is 0 Å². The number of nitrogens with one attached hydrogen (secondary N) is 2. The van der Waals surface area contributed by atoms with E-state index >= 15 is 0 Å². The lowest BCUT2D eigenvalue weighted by Crippen LogP contribution is -2.45. The number of nitrogens with zero attached hydrogens (tertiary/aromatic N) is 2. The van der Waals surface area contributed by atoms with E-state index in [0.717, 1.165) is 37.9 Å². The summed E-state index contributed by atoms with van der Waals surface area (Å²) in [6.45, 7) is 6.29. The van der Waals surface area contributed by atoms with Gasteiger partial charge < -0.3 is 20.3 Å². The standard InChI is InChI=1S/C19H26N4O3/c1-12(2)9-15(18(24)23-7-3-4-8-23)21-10-13-5-6-20-17-16(13)14(11-22-17)19(25)26/h5-6,11-12,15,21H,3-4,7-10H2,1-2H3,(H,20,22)(H,25,26). The number of carboxylic acid groups (broad SMARTS) is 1. The molecule has 3 rings (SSSR count). The summed E-state index contributed by atoms with van der Waals surface area (Å²) >= 11 is 0. The van der Waals surface area contributed by atoms with Crippen molar-refractivity contribution in [3.05, 3.63) is 29.6 Å². The predicted molar refractivity (Wildman–Crippen MR) is 98.9 cm³/mol. The molecule has 7 heteroatoms. The van der Waals surface area contributed by atoms with Crippen LogP contribution in [0.3, 0.4) is 0 Å². The minimum atomic E-state index is -0.989. The SMILES string of the molecule is CC(C)CC(NCc1ccnc2[nH]cc(C(=O)O)c12)C(=O)N1CCCC1. The molecule has 2 aromatic heterocycles. The van der Waals surface area contributed by atoms with Gasteiger partial charge in [-0.15, -0.1) is 0 Å². The molecule has 0 aliphatic carbocycles. The monoisotopic (exact) mass is 358 g/mol. The van der Waals surface area contributed by atoms with Crippen LogP contribution in [0.4, 0.5) is 0 Å². The number of aromatic nitrogens is 2. The number of aromatic carboxylic acids is 1. The van der Waals surface area contributed by atoms with E-state index in [4.69, 9.17) is 0 Å². The van der Waals surface area contributed by atoms with Gasteiger partial charge in [-0.3, -0.25) is 4.79 Å². The molecule has 0 bridgehead atoms. The quantitative estimate of drug-likeness (QED) is 0.706. The highest BCUT2D eigenvalue weighted by Gasteiger charge is 2.27. The Balaban J connectivity index is 1.80. The van der Waals surface area contributed by atoms with Crippen molar-refractivity contribution in [3.63, 3.8) is 0 Å². The molecule has 26 heavy (non-hydrogen) atoms. The summed E-state index contributed by atoms with van der Waals surface area (Å²) in [6, 6.07) is 1.55. The molecule has 1 saturated heterocycles. The van der Waals surface area contributed by atoms with E-state index in [2.05, 4.69) is 29.1 Å². The zero-order valence-electron chi connectivity index (χ0n) is 15.3. The average Bonchev–Trinajstić information content (AvgIpc) is 3.27. The van der Waals surface area contributed by atoms with E-state index in [1.54, 1.807) is 6.20 Å². The van der Waals surface area contributed by atoms with Gasteiger partial charge in [-0.2, -0.15) is 0 Å². The van der Waals surface area contributed by atoms with Crippen molar-refractivity contribution >= 4 is 22.9 Å². The van der Waals surface area contributed by atoms with Crippen LogP contribution < -0.4 is 5.32 Å². The van der Waals surface area contributed by atoms with Crippen LogP contribution in [0.2, 0.25) is 0 Å². The number of pyridine rings is 1. The summed E-state index contributed by atoms with van der Waals surface area (Å²) in [5, 5.41) is 13.4. The second-order valence-corrected chi connectivity index (χ2v) is 7.30. The lowest BCUT2D eigenvalue weighted by atomic mass is 10.0. The van der Waals surface area contributed by atoms with Gasteiger partial charge in [0.2, 0.25) is 5.91 Å². The Bertz CT molecular complexity index is 793. The van der Waals surface area contributed by atoms with Gasteiger partial charge in [0.05, 0.1) is 11.6 Å². The Morgan fingerprint density at radius 3 is 2.73 bits per heavy atom. The molecule has 0 saturated carbocycles. The molecule has 1 amide bonds. The summed E-state index contributed by atoms with van der Waals surface area (Å²) in [5.74, 6) is -0.454. The van der Waals surface area contributed by atoms with Crippen molar-refractivity contribution in [2.75, 3.05) is 13.1 Å². The first-order valence-corrected chi connectivity index (χ1v) is 9.17. The van der Waals surface area contributed by atoms with Crippen LogP contribution in [0.1, 0.15) is 49.0 Å². The van der Waals surface area contributed by atoms with Gasteiger partial charge >= 0.3 is 5.97 Å². The van der Waals surface area contributed by atoms with Crippen molar-refractivity contribution in [2.45, 2.75) is 45.7 Å². The molecule has 0 radical (unpaired) electrons. The molecular weight excluding hydrogens is 332 g/mol. The second kappa shape index (κ2) is 7.86. The van der Waals surface area contributed by atoms with Crippen molar-refractivity contribution in [1.82, 2.24) is 20.2 Å². The molecular formula is C19H26N4O3. The lowest BCUT2D eigenvalue weighted by molar-refractivity contribution is -0.132. The van der Waals surface area contributed by atoms with Gasteiger partial charge in [0.1, 0.15) is 5.65 Å². The first kappa shape index (κ1) is 18.4. The number of rotatable bonds is 7. The molecule has 140 valence electrons. The number of hydrogen-bond donors (Lipinski definition) is 3. The average molecular weight is 358 g/mol. The fraction of sp³-hybridized carbons (Fsp3) is 0.526. The van der Waals surface area contributed by atoms with Crippen molar-refractivity contribution in [2.24, 2.45) is 5.92 Å². The van der Waals surface area contributed by atoms with Crippen molar-refractivity contribution < 1.29 is 14.7 Å². The van der Waals surface area contributed by atoms with Crippen LogP contribution in [0.25, 0.3) is 11.0 Å². The maximum Gasteiger partial charge on any atom is 0.337 e. The Labute approximate surface area is 152 Å². The van der Waals surface area contributed by atoms with E-state index in [-0.39, 0.29) is 17.5 Å². The maximum atomic E-state index is 12.8. The van der Waals surface area contributed by atoms with Gasteiger partial charge in [-0.05, 0) is 36.8 Å². The van der Waals surface area contributed by atoms with Gasteiger partial charge in [-0.1, -0.05) is 13.8 Å². The van der Waals surface area contributed by atoms with Crippen molar-refractivity contribution in [1.29, 1.82) is 0 Å². The molecule has 1 aliphatic rings. The van der Waals surface area contributed by atoms with Crippen LogP contribution in [0, 0.1) is 5.92 Å². The van der Waals surface area contributed by atoms with Crippen LogP contribution in [0.5, 0.6) is 0 Å². The summed E-state index contributed by atoms with van der Waals surface area (Å²) in [7, 11) is 0. The zero-order chi connectivity index (χ0) is 18.7. The minimum Gasteiger partial charge on any atom is -0.478 e. The van der Waals surface area contributed by atoms with Crippen LogP contribution in [0.15, 0.2) is 18.5 Å². The molecule has 1 fully saturated rings. The number of H-pyrrole nitrogens is 1. The first-order chi connectivity index (χ1) is 12.5.